The smallest absolute Gasteiger partial charge is 0.252 e. The maximum Gasteiger partial charge on any atom is 0.252 e. The zero-order valence-corrected chi connectivity index (χ0v) is 13.2. The summed E-state index contributed by atoms with van der Waals surface area (Å²) >= 11 is 5.67. The van der Waals surface area contributed by atoms with Crippen molar-refractivity contribution in [3.63, 3.8) is 0 Å². The Hall–Kier alpha value is -2.14. The van der Waals surface area contributed by atoms with Crippen molar-refractivity contribution < 1.29 is 9.18 Å². The molecule has 1 amide bonds. The van der Waals surface area contributed by atoms with Gasteiger partial charge in [-0.1, -0.05) is 17.7 Å². The molecule has 0 bridgehead atoms. The number of carbonyl (C=O) groups is 1. The van der Waals surface area contributed by atoms with Gasteiger partial charge in [-0.3, -0.25) is 4.79 Å². The van der Waals surface area contributed by atoms with Gasteiger partial charge in [0.1, 0.15) is 11.6 Å². The topological polar surface area (TPSA) is 45.2 Å². The molecule has 0 aliphatic carbocycles. The van der Waals surface area contributed by atoms with Crippen LogP contribution in [-0.4, -0.2) is 24.5 Å². The number of halogens is 2. The fourth-order valence-corrected chi connectivity index (χ4v) is 2.12. The van der Waals surface area contributed by atoms with Crippen LogP contribution in [0.15, 0.2) is 36.5 Å². The van der Waals surface area contributed by atoms with Crippen molar-refractivity contribution >= 4 is 23.3 Å². The van der Waals surface area contributed by atoms with Gasteiger partial charge in [0.2, 0.25) is 0 Å². The maximum atomic E-state index is 13.4. The van der Waals surface area contributed by atoms with Crippen LogP contribution in [-0.2, 0) is 6.54 Å². The summed E-state index contributed by atoms with van der Waals surface area (Å²) < 4.78 is 13.4. The highest BCUT2D eigenvalue weighted by atomic mass is 35.5. The van der Waals surface area contributed by atoms with E-state index in [0.717, 1.165) is 5.56 Å². The predicted octanol–water partition coefficient (Wildman–Crippen LogP) is 3.26. The van der Waals surface area contributed by atoms with Crippen LogP contribution >= 0.6 is 11.6 Å². The molecule has 0 saturated heterocycles. The molecule has 22 heavy (non-hydrogen) atoms. The molecule has 0 spiro atoms. The zero-order valence-electron chi connectivity index (χ0n) is 12.4. The van der Waals surface area contributed by atoms with E-state index in [0.29, 0.717) is 24.5 Å². The molecule has 1 N–H and O–H groups in total. The molecule has 116 valence electrons. The van der Waals surface area contributed by atoms with Gasteiger partial charge in [0.15, 0.2) is 0 Å². The third-order valence-electron chi connectivity index (χ3n) is 3.14. The Morgan fingerprint density at radius 2 is 2.14 bits per heavy atom. The molecule has 4 nitrogen and oxygen atoms in total. The normalized spacial score (nSPS) is 10.4. The highest BCUT2D eigenvalue weighted by Gasteiger charge is 2.08. The minimum absolute atomic E-state index is 0.107. The number of hydrogen-bond acceptors (Lipinski definition) is 3. The van der Waals surface area contributed by atoms with Crippen LogP contribution in [0.4, 0.5) is 10.2 Å². The number of amides is 1. The summed E-state index contributed by atoms with van der Waals surface area (Å²) in [5.74, 6) is 0.111. The quantitative estimate of drug-likeness (QED) is 0.919. The lowest BCUT2D eigenvalue weighted by molar-refractivity contribution is 0.0955. The van der Waals surface area contributed by atoms with Gasteiger partial charge in [-0.15, -0.1) is 0 Å². The monoisotopic (exact) mass is 321 g/mol. The third kappa shape index (κ3) is 3.95. The molecule has 2 aromatic rings. The number of aromatic nitrogens is 1. The van der Waals surface area contributed by atoms with Gasteiger partial charge >= 0.3 is 0 Å². The SMILES string of the molecule is CCNC(=O)c1ccc(N(C)Cc2ccc(Cl)c(F)c2)nc1. The minimum atomic E-state index is -0.438. The lowest BCUT2D eigenvalue weighted by Crippen LogP contribution is -2.23. The van der Waals surface area contributed by atoms with Crippen molar-refractivity contribution in [3.8, 4) is 0 Å². The van der Waals surface area contributed by atoms with Crippen molar-refractivity contribution in [3.05, 3.63) is 58.5 Å². The Morgan fingerprint density at radius 1 is 1.36 bits per heavy atom. The molecule has 0 atom stereocenters. The van der Waals surface area contributed by atoms with Gasteiger partial charge in [0.05, 0.1) is 10.6 Å². The lowest BCUT2D eigenvalue weighted by Gasteiger charge is -2.18. The van der Waals surface area contributed by atoms with Crippen LogP contribution in [0.3, 0.4) is 0 Å². The number of pyridine rings is 1. The van der Waals surface area contributed by atoms with E-state index in [-0.39, 0.29) is 10.9 Å². The van der Waals surface area contributed by atoms with Crippen molar-refractivity contribution in [2.45, 2.75) is 13.5 Å². The number of benzene rings is 1. The Labute approximate surface area is 133 Å². The molecule has 0 fully saturated rings. The summed E-state index contributed by atoms with van der Waals surface area (Å²) in [5.41, 5.74) is 1.30. The molecule has 2 rings (SSSR count). The summed E-state index contributed by atoms with van der Waals surface area (Å²) in [6.45, 7) is 2.92. The van der Waals surface area contributed by atoms with Crippen LogP contribution < -0.4 is 10.2 Å². The second kappa shape index (κ2) is 7.22. The Balaban J connectivity index is 2.07. The Morgan fingerprint density at radius 3 is 2.73 bits per heavy atom. The van der Waals surface area contributed by atoms with Crippen LogP contribution in [0.2, 0.25) is 5.02 Å². The van der Waals surface area contributed by atoms with Crippen molar-refractivity contribution in [2.75, 3.05) is 18.5 Å². The molecular formula is C16H17ClFN3O. The fourth-order valence-electron chi connectivity index (χ4n) is 2.00. The second-order valence-electron chi connectivity index (χ2n) is 4.87. The summed E-state index contributed by atoms with van der Waals surface area (Å²) in [5, 5.41) is 2.82. The van der Waals surface area contributed by atoms with Gasteiger partial charge in [0.25, 0.3) is 5.91 Å². The van der Waals surface area contributed by atoms with Gasteiger partial charge < -0.3 is 10.2 Å². The number of nitrogens with one attached hydrogen (secondary N) is 1. The van der Waals surface area contributed by atoms with Crippen LogP contribution in [0, 0.1) is 5.82 Å². The van der Waals surface area contributed by atoms with Gasteiger partial charge in [-0.25, -0.2) is 9.37 Å². The Kier molecular flexibility index (Phi) is 5.33. The van der Waals surface area contributed by atoms with Crippen LogP contribution in [0.25, 0.3) is 0 Å². The van der Waals surface area contributed by atoms with Gasteiger partial charge in [0, 0.05) is 26.3 Å². The lowest BCUT2D eigenvalue weighted by atomic mass is 10.2. The van der Waals surface area contributed by atoms with E-state index in [1.165, 1.54) is 18.3 Å². The first-order chi connectivity index (χ1) is 10.5. The second-order valence-corrected chi connectivity index (χ2v) is 5.28. The van der Waals surface area contributed by atoms with Crippen molar-refractivity contribution in [1.29, 1.82) is 0 Å². The average molecular weight is 322 g/mol. The van der Waals surface area contributed by atoms with Gasteiger partial charge in [-0.05, 0) is 36.8 Å². The summed E-state index contributed by atoms with van der Waals surface area (Å²) in [4.78, 5) is 17.8. The summed E-state index contributed by atoms with van der Waals surface area (Å²) in [6, 6.07) is 8.18. The molecule has 0 radical (unpaired) electrons. The molecule has 0 unspecified atom stereocenters. The standard InChI is InChI=1S/C16H17ClFN3O/c1-3-19-16(22)12-5-7-15(20-9-12)21(2)10-11-4-6-13(17)14(18)8-11/h4-9H,3,10H2,1-2H3,(H,19,22). The van der Waals surface area contributed by atoms with Crippen LogP contribution in [0.5, 0.6) is 0 Å². The largest absolute Gasteiger partial charge is 0.355 e. The van der Waals surface area contributed by atoms with E-state index in [1.54, 1.807) is 18.2 Å². The Bertz CT molecular complexity index is 661. The van der Waals surface area contributed by atoms with Crippen molar-refractivity contribution in [2.24, 2.45) is 0 Å². The van der Waals surface area contributed by atoms with Crippen molar-refractivity contribution in [1.82, 2.24) is 10.3 Å². The highest BCUT2D eigenvalue weighted by Crippen LogP contribution is 2.18. The number of rotatable bonds is 5. The van der Waals surface area contributed by atoms with E-state index in [4.69, 9.17) is 11.6 Å². The molecule has 0 aliphatic rings. The zero-order chi connectivity index (χ0) is 16.1. The molecule has 1 aromatic carbocycles. The molecule has 0 aliphatic heterocycles. The van der Waals surface area contributed by atoms with E-state index in [1.807, 2.05) is 18.9 Å². The number of carbonyl (C=O) groups excluding carboxylic acids is 1. The first-order valence-corrected chi connectivity index (χ1v) is 7.28. The predicted molar refractivity (Wildman–Crippen MR) is 85.8 cm³/mol. The molecule has 1 heterocycles. The fraction of sp³-hybridized carbons (Fsp3) is 0.250. The van der Waals surface area contributed by atoms with E-state index in [9.17, 15) is 9.18 Å². The van der Waals surface area contributed by atoms with E-state index < -0.39 is 5.82 Å². The van der Waals surface area contributed by atoms with Crippen LogP contribution in [0.1, 0.15) is 22.8 Å². The van der Waals surface area contributed by atoms with Gasteiger partial charge in [-0.2, -0.15) is 0 Å². The van der Waals surface area contributed by atoms with E-state index in [2.05, 4.69) is 10.3 Å². The first kappa shape index (κ1) is 16.2. The minimum Gasteiger partial charge on any atom is -0.355 e. The molecule has 0 saturated carbocycles. The molecule has 1 aromatic heterocycles. The number of anilines is 1. The first-order valence-electron chi connectivity index (χ1n) is 6.90. The summed E-state index contributed by atoms with van der Waals surface area (Å²) in [7, 11) is 1.85. The number of hydrogen-bond donors (Lipinski definition) is 1. The molecular weight excluding hydrogens is 305 g/mol. The molecule has 6 heteroatoms. The summed E-state index contributed by atoms with van der Waals surface area (Å²) in [6.07, 6.45) is 1.53. The average Bonchev–Trinajstić information content (AvgIpc) is 2.51. The highest BCUT2D eigenvalue weighted by molar-refractivity contribution is 6.30. The van der Waals surface area contributed by atoms with E-state index >= 15 is 0 Å². The third-order valence-corrected chi connectivity index (χ3v) is 3.45. The maximum absolute atomic E-state index is 13.4. The number of nitrogens with zero attached hydrogens (tertiary/aromatic N) is 2.